The lowest BCUT2D eigenvalue weighted by molar-refractivity contribution is -0.127. The molecule has 1 saturated heterocycles. The summed E-state index contributed by atoms with van der Waals surface area (Å²) in [7, 11) is 0. The average Bonchev–Trinajstić information content (AvgIpc) is 3.24. The third-order valence-corrected chi connectivity index (χ3v) is 5.09. The van der Waals surface area contributed by atoms with Crippen LogP contribution in [0, 0.1) is 0 Å². The van der Waals surface area contributed by atoms with Crippen molar-refractivity contribution in [3.05, 3.63) is 48.0 Å². The Morgan fingerprint density at radius 3 is 2.93 bits per heavy atom. The van der Waals surface area contributed by atoms with Crippen LogP contribution in [0.1, 0.15) is 30.1 Å². The molecule has 28 heavy (non-hydrogen) atoms. The number of nitrogen functional groups attached to an aromatic ring is 1. The topological polar surface area (TPSA) is 104 Å². The molecule has 2 amide bonds. The smallest absolute Gasteiger partial charge is 0.251 e. The van der Waals surface area contributed by atoms with E-state index in [1.165, 1.54) is 0 Å². The largest absolute Gasteiger partial charge is 0.382 e. The summed E-state index contributed by atoms with van der Waals surface area (Å²) in [6, 6.07) is 13.2. The van der Waals surface area contributed by atoms with E-state index in [0.717, 1.165) is 35.0 Å². The second kappa shape index (κ2) is 7.34. The van der Waals surface area contributed by atoms with Crippen LogP contribution in [0.3, 0.4) is 0 Å². The first-order valence-electron chi connectivity index (χ1n) is 9.48. The van der Waals surface area contributed by atoms with E-state index in [1.807, 2.05) is 48.2 Å². The predicted molar refractivity (Wildman–Crippen MR) is 109 cm³/mol. The summed E-state index contributed by atoms with van der Waals surface area (Å²) < 4.78 is 0. The molecule has 7 heteroatoms. The van der Waals surface area contributed by atoms with Gasteiger partial charge in [0.15, 0.2) is 5.82 Å². The van der Waals surface area contributed by atoms with Crippen LogP contribution in [0.2, 0.25) is 0 Å². The zero-order valence-electron chi connectivity index (χ0n) is 15.7. The molecule has 3 aromatic rings. The van der Waals surface area contributed by atoms with E-state index < -0.39 is 0 Å². The van der Waals surface area contributed by atoms with Gasteiger partial charge in [0.1, 0.15) is 0 Å². The van der Waals surface area contributed by atoms with Gasteiger partial charge in [0, 0.05) is 30.5 Å². The summed E-state index contributed by atoms with van der Waals surface area (Å²) in [5.41, 5.74) is 9.22. The molecular weight excluding hydrogens is 354 g/mol. The summed E-state index contributed by atoms with van der Waals surface area (Å²) in [6.45, 7) is 3.36. The molecule has 1 aliphatic heterocycles. The van der Waals surface area contributed by atoms with Crippen molar-refractivity contribution in [1.82, 2.24) is 20.4 Å². The number of benzene rings is 2. The molecule has 0 spiro atoms. The van der Waals surface area contributed by atoms with Gasteiger partial charge in [-0.15, -0.1) is 0 Å². The zero-order valence-corrected chi connectivity index (χ0v) is 15.7. The van der Waals surface area contributed by atoms with E-state index >= 15 is 0 Å². The molecule has 0 aliphatic carbocycles. The number of rotatable bonds is 5. The quantitative estimate of drug-likeness (QED) is 0.635. The number of nitrogens with two attached hydrogens (primary N) is 1. The Labute approximate surface area is 162 Å². The molecule has 0 saturated carbocycles. The van der Waals surface area contributed by atoms with Crippen LogP contribution < -0.4 is 11.1 Å². The molecule has 0 radical (unpaired) electrons. The highest BCUT2D eigenvalue weighted by atomic mass is 16.2. The normalized spacial score (nSPS) is 16.7. The summed E-state index contributed by atoms with van der Waals surface area (Å²) in [5, 5.41) is 10.7. The molecule has 0 bridgehead atoms. The molecule has 1 aliphatic rings. The van der Waals surface area contributed by atoms with Gasteiger partial charge in [0.25, 0.3) is 5.91 Å². The van der Waals surface area contributed by atoms with Crippen molar-refractivity contribution < 1.29 is 9.59 Å². The number of carbonyl (C=O) groups excluding carboxylic acids is 2. The minimum Gasteiger partial charge on any atom is -0.382 e. The van der Waals surface area contributed by atoms with Crippen molar-refractivity contribution in [2.75, 3.05) is 18.8 Å². The molecular formula is C21H23N5O2. The van der Waals surface area contributed by atoms with Crippen LogP contribution in [0.25, 0.3) is 22.0 Å². The minimum atomic E-state index is -0.165. The van der Waals surface area contributed by atoms with E-state index in [0.29, 0.717) is 24.3 Å². The maximum absolute atomic E-state index is 12.7. The maximum Gasteiger partial charge on any atom is 0.251 e. The van der Waals surface area contributed by atoms with Gasteiger partial charge in [-0.3, -0.25) is 14.7 Å². The third-order valence-electron chi connectivity index (χ3n) is 5.09. The molecule has 1 atom stereocenters. The van der Waals surface area contributed by atoms with E-state index in [4.69, 9.17) is 5.73 Å². The number of anilines is 1. The zero-order chi connectivity index (χ0) is 19.7. The Morgan fingerprint density at radius 1 is 1.29 bits per heavy atom. The first-order valence-corrected chi connectivity index (χ1v) is 9.48. The molecule has 0 unspecified atom stereocenters. The highest BCUT2D eigenvalue weighted by Crippen LogP contribution is 2.27. The van der Waals surface area contributed by atoms with E-state index in [2.05, 4.69) is 15.5 Å². The first-order chi connectivity index (χ1) is 13.5. The number of H-pyrrole nitrogens is 1. The number of aromatic nitrogens is 2. The Hall–Kier alpha value is -3.35. The Balaban J connectivity index is 1.52. The lowest BCUT2D eigenvalue weighted by atomic mass is 10.0. The van der Waals surface area contributed by atoms with Crippen molar-refractivity contribution >= 4 is 28.5 Å². The third kappa shape index (κ3) is 3.43. The fraction of sp³-hybridized carbons (Fsp3) is 0.286. The monoisotopic (exact) mass is 377 g/mol. The average molecular weight is 377 g/mol. The fourth-order valence-electron chi connectivity index (χ4n) is 3.68. The summed E-state index contributed by atoms with van der Waals surface area (Å²) in [6.07, 6.45) is 1.28. The van der Waals surface area contributed by atoms with Crippen molar-refractivity contribution in [1.29, 1.82) is 0 Å². The van der Waals surface area contributed by atoms with E-state index in [1.54, 1.807) is 6.07 Å². The fourth-order valence-corrected chi connectivity index (χ4v) is 3.68. The maximum atomic E-state index is 12.7. The van der Waals surface area contributed by atoms with E-state index in [9.17, 15) is 9.59 Å². The van der Waals surface area contributed by atoms with Crippen LogP contribution in [-0.2, 0) is 4.79 Å². The van der Waals surface area contributed by atoms with Crippen LogP contribution in [0.4, 0.5) is 5.82 Å². The van der Waals surface area contributed by atoms with Crippen LogP contribution in [-0.4, -0.2) is 46.0 Å². The molecule has 4 rings (SSSR count). The molecule has 2 heterocycles. The molecule has 144 valence electrons. The Kier molecular flexibility index (Phi) is 4.73. The molecule has 2 aromatic carbocycles. The van der Waals surface area contributed by atoms with E-state index in [-0.39, 0.29) is 17.9 Å². The Bertz CT molecular complexity index is 1040. The summed E-state index contributed by atoms with van der Waals surface area (Å²) in [5.74, 6) is 0.391. The second-order valence-corrected chi connectivity index (χ2v) is 7.16. The van der Waals surface area contributed by atoms with Crippen molar-refractivity contribution in [3.8, 4) is 11.1 Å². The number of carbonyl (C=O) groups is 2. The first kappa shape index (κ1) is 18.0. The number of nitrogens with one attached hydrogen (secondary N) is 2. The molecule has 1 aromatic heterocycles. The lowest BCUT2D eigenvalue weighted by Gasteiger charge is -2.16. The number of aromatic amines is 1. The molecule has 7 nitrogen and oxygen atoms in total. The van der Waals surface area contributed by atoms with Crippen molar-refractivity contribution in [2.24, 2.45) is 0 Å². The van der Waals surface area contributed by atoms with Crippen molar-refractivity contribution in [3.63, 3.8) is 0 Å². The SMILES string of the molecule is CCCN1C[C@@H](NC(=O)c2cccc(-c3ccc4[nH]nc(N)c4c3)c2)CC1=O. The number of fused-ring (bicyclic) bond motifs is 1. The van der Waals surface area contributed by atoms with Crippen LogP contribution >= 0.6 is 0 Å². The van der Waals surface area contributed by atoms with Gasteiger partial charge in [-0.25, -0.2) is 0 Å². The summed E-state index contributed by atoms with van der Waals surface area (Å²) in [4.78, 5) is 26.5. The van der Waals surface area contributed by atoms with Gasteiger partial charge in [0.05, 0.1) is 11.6 Å². The standard InChI is InChI=1S/C21H23N5O2/c1-2-8-26-12-16(11-19(26)27)23-21(28)15-5-3-4-13(9-15)14-6-7-18-17(10-14)20(22)25-24-18/h3-7,9-10,16H,2,8,11-12H2,1H3,(H,23,28)(H3,22,24,25)/t16-/m0/s1. The van der Waals surface area contributed by atoms with Crippen LogP contribution in [0.15, 0.2) is 42.5 Å². The van der Waals surface area contributed by atoms with Crippen LogP contribution in [0.5, 0.6) is 0 Å². The number of hydrogen-bond donors (Lipinski definition) is 3. The number of hydrogen-bond acceptors (Lipinski definition) is 4. The lowest BCUT2D eigenvalue weighted by Crippen LogP contribution is -2.37. The second-order valence-electron chi connectivity index (χ2n) is 7.16. The van der Waals surface area contributed by atoms with Gasteiger partial charge in [-0.2, -0.15) is 5.10 Å². The van der Waals surface area contributed by atoms with Gasteiger partial charge in [-0.05, 0) is 41.8 Å². The number of amides is 2. The number of nitrogens with zero attached hydrogens (tertiary/aromatic N) is 2. The highest BCUT2D eigenvalue weighted by molar-refractivity contribution is 5.97. The molecule has 4 N–H and O–H groups in total. The molecule has 1 fully saturated rings. The van der Waals surface area contributed by atoms with Gasteiger partial charge in [-0.1, -0.05) is 25.1 Å². The summed E-state index contributed by atoms with van der Waals surface area (Å²) >= 11 is 0. The number of likely N-dealkylation sites (tertiary alicyclic amines) is 1. The van der Waals surface area contributed by atoms with Gasteiger partial charge < -0.3 is 16.0 Å². The highest BCUT2D eigenvalue weighted by Gasteiger charge is 2.30. The van der Waals surface area contributed by atoms with Gasteiger partial charge >= 0.3 is 0 Å². The van der Waals surface area contributed by atoms with Gasteiger partial charge in [0.2, 0.25) is 5.91 Å². The van der Waals surface area contributed by atoms with Crippen molar-refractivity contribution in [2.45, 2.75) is 25.8 Å². The Morgan fingerprint density at radius 2 is 2.11 bits per heavy atom. The minimum absolute atomic E-state index is 0.104. The predicted octanol–water partition coefficient (Wildman–Crippen LogP) is 2.55.